The highest BCUT2D eigenvalue weighted by molar-refractivity contribution is 5.82. The minimum absolute atomic E-state index is 0.259. The Balaban J connectivity index is 1.43. The zero-order valence-corrected chi connectivity index (χ0v) is 16.4. The summed E-state index contributed by atoms with van der Waals surface area (Å²) in [6.07, 6.45) is 2.12. The summed E-state index contributed by atoms with van der Waals surface area (Å²) in [5.74, 6) is -0.282. The van der Waals surface area contributed by atoms with Gasteiger partial charge in [-0.15, -0.1) is 0 Å². The first-order valence-electron chi connectivity index (χ1n) is 10.4. The molecule has 4 rings (SSSR count). The van der Waals surface area contributed by atoms with Crippen LogP contribution in [0.2, 0.25) is 0 Å². The molecule has 2 aromatic rings. The van der Waals surface area contributed by atoms with Crippen molar-refractivity contribution in [2.24, 2.45) is 5.92 Å². The van der Waals surface area contributed by atoms with E-state index in [4.69, 9.17) is 4.74 Å². The summed E-state index contributed by atoms with van der Waals surface area (Å²) >= 11 is 0. The Kier molecular flexibility index (Phi) is 6.25. The van der Waals surface area contributed by atoms with Gasteiger partial charge in [0, 0.05) is 38.6 Å². The third-order valence-corrected chi connectivity index (χ3v) is 6.24. The van der Waals surface area contributed by atoms with Crippen LogP contribution in [0.1, 0.15) is 24.8 Å². The molecule has 0 radical (unpaired) electrons. The number of carboxylic acid groups (broad SMARTS) is 1. The molecule has 2 fully saturated rings. The van der Waals surface area contributed by atoms with Gasteiger partial charge in [0.1, 0.15) is 0 Å². The van der Waals surface area contributed by atoms with Crippen molar-refractivity contribution in [2.45, 2.75) is 31.8 Å². The largest absolute Gasteiger partial charge is 0.481 e. The molecule has 2 aliphatic rings. The van der Waals surface area contributed by atoms with Gasteiger partial charge < -0.3 is 9.84 Å². The number of likely N-dealkylation sites (tertiary alicyclic amines) is 1. The van der Waals surface area contributed by atoms with E-state index in [-0.39, 0.29) is 6.42 Å². The van der Waals surface area contributed by atoms with Gasteiger partial charge in [0.2, 0.25) is 0 Å². The molecule has 0 spiro atoms. The summed E-state index contributed by atoms with van der Waals surface area (Å²) < 4.78 is 5.51. The summed E-state index contributed by atoms with van der Waals surface area (Å²) in [5.41, 5.74) is 1.33. The van der Waals surface area contributed by atoms with Gasteiger partial charge in [-0.05, 0) is 47.7 Å². The van der Waals surface area contributed by atoms with Crippen molar-refractivity contribution in [2.75, 3.05) is 39.4 Å². The maximum atomic E-state index is 11.2. The lowest BCUT2D eigenvalue weighted by Gasteiger charge is -2.45. The molecule has 0 aliphatic carbocycles. The fourth-order valence-corrected chi connectivity index (χ4v) is 4.82. The third kappa shape index (κ3) is 4.72. The van der Waals surface area contributed by atoms with E-state index in [1.54, 1.807) is 0 Å². The minimum Gasteiger partial charge on any atom is -0.481 e. The second-order valence-electron chi connectivity index (χ2n) is 8.11. The van der Waals surface area contributed by atoms with Crippen LogP contribution in [0.5, 0.6) is 0 Å². The van der Waals surface area contributed by atoms with Crippen LogP contribution in [0, 0.1) is 5.92 Å². The Morgan fingerprint density at radius 2 is 1.86 bits per heavy atom. The molecule has 0 saturated carbocycles. The molecule has 5 nitrogen and oxygen atoms in total. The van der Waals surface area contributed by atoms with Crippen molar-refractivity contribution in [1.82, 2.24) is 9.80 Å². The van der Waals surface area contributed by atoms with Gasteiger partial charge in [-0.2, -0.15) is 0 Å². The van der Waals surface area contributed by atoms with Gasteiger partial charge >= 0.3 is 5.97 Å². The smallest absolute Gasteiger partial charge is 0.303 e. The highest BCUT2D eigenvalue weighted by Crippen LogP contribution is 2.28. The van der Waals surface area contributed by atoms with E-state index in [2.05, 4.69) is 52.3 Å². The Morgan fingerprint density at radius 3 is 2.64 bits per heavy atom. The molecule has 1 N–H and O–H groups in total. The number of morpholine rings is 1. The van der Waals surface area contributed by atoms with E-state index in [9.17, 15) is 9.90 Å². The molecule has 2 heterocycles. The van der Waals surface area contributed by atoms with E-state index in [1.807, 2.05) is 0 Å². The van der Waals surface area contributed by atoms with Crippen molar-refractivity contribution >= 4 is 16.7 Å². The lowest BCUT2D eigenvalue weighted by molar-refractivity contribution is -0.137. The number of rotatable bonds is 6. The molecule has 5 heteroatoms. The number of fused-ring (bicyclic) bond motifs is 1. The number of aliphatic carboxylic acids is 1. The number of piperidine rings is 1. The Morgan fingerprint density at radius 1 is 1.07 bits per heavy atom. The number of hydrogen-bond donors (Lipinski definition) is 1. The Hall–Kier alpha value is -1.95. The van der Waals surface area contributed by atoms with Crippen molar-refractivity contribution in [3.05, 3.63) is 48.0 Å². The van der Waals surface area contributed by atoms with Crippen LogP contribution < -0.4 is 0 Å². The quantitative estimate of drug-likeness (QED) is 0.831. The van der Waals surface area contributed by atoms with Crippen LogP contribution in [-0.4, -0.2) is 66.3 Å². The summed E-state index contributed by atoms with van der Waals surface area (Å²) in [6.45, 7) is 6.51. The number of nitrogens with zero attached hydrogens (tertiary/aromatic N) is 2. The molecule has 150 valence electrons. The summed E-state index contributed by atoms with van der Waals surface area (Å²) in [4.78, 5) is 16.2. The summed E-state index contributed by atoms with van der Waals surface area (Å²) in [6, 6.07) is 15.7. The van der Waals surface area contributed by atoms with Crippen molar-refractivity contribution < 1.29 is 14.6 Å². The topological polar surface area (TPSA) is 53.0 Å². The van der Waals surface area contributed by atoms with Crippen molar-refractivity contribution in [1.29, 1.82) is 0 Å². The summed E-state index contributed by atoms with van der Waals surface area (Å²) in [5, 5.41) is 11.8. The number of carbonyl (C=O) groups is 1. The second-order valence-corrected chi connectivity index (χ2v) is 8.11. The number of benzene rings is 2. The van der Waals surface area contributed by atoms with Gasteiger partial charge in [-0.3, -0.25) is 14.6 Å². The van der Waals surface area contributed by atoms with Crippen molar-refractivity contribution in [3.8, 4) is 0 Å². The third-order valence-electron chi connectivity index (χ3n) is 6.24. The van der Waals surface area contributed by atoms with Crippen LogP contribution in [0.4, 0.5) is 0 Å². The first-order chi connectivity index (χ1) is 13.7. The second kappa shape index (κ2) is 9.03. The highest BCUT2D eigenvalue weighted by Gasteiger charge is 2.34. The molecule has 2 atom stereocenters. The molecule has 0 aromatic heterocycles. The number of carboxylic acids is 1. The van der Waals surface area contributed by atoms with Crippen LogP contribution in [0.15, 0.2) is 42.5 Å². The minimum atomic E-state index is -0.688. The number of ether oxygens (including phenoxy) is 1. The van der Waals surface area contributed by atoms with Gasteiger partial charge in [0.25, 0.3) is 0 Å². The fraction of sp³-hybridized carbons (Fsp3) is 0.522. The van der Waals surface area contributed by atoms with E-state index in [0.717, 1.165) is 58.8 Å². The van der Waals surface area contributed by atoms with E-state index in [1.165, 1.54) is 16.3 Å². The van der Waals surface area contributed by atoms with Crippen LogP contribution in [0.25, 0.3) is 10.8 Å². The van der Waals surface area contributed by atoms with E-state index in [0.29, 0.717) is 12.0 Å². The van der Waals surface area contributed by atoms with E-state index < -0.39 is 5.97 Å². The number of hydrogen-bond acceptors (Lipinski definition) is 4. The Bertz CT molecular complexity index is 803. The molecule has 2 aliphatic heterocycles. The zero-order chi connectivity index (χ0) is 19.3. The predicted molar refractivity (Wildman–Crippen MR) is 110 cm³/mol. The van der Waals surface area contributed by atoms with E-state index >= 15 is 0 Å². The zero-order valence-electron chi connectivity index (χ0n) is 16.4. The first-order valence-corrected chi connectivity index (χ1v) is 10.4. The average Bonchev–Trinajstić information content (AvgIpc) is 2.73. The average molecular weight is 383 g/mol. The lowest BCUT2D eigenvalue weighted by Crippen LogP contribution is -2.53. The molecular formula is C23H30N2O3. The van der Waals surface area contributed by atoms with Crippen LogP contribution >= 0.6 is 0 Å². The van der Waals surface area contributed by atoms with Crippen molar-refractivity contribution in [3.63, 3.8) is 0 Å². The fourth-order valence-electron chi connectivity index (χ4n) is 4.82. The molecule has 2 saturated heterocycles. The summed E-state index contributed by atoms with van der Waals surface area (Å²) in [7, 11) is 0. The standard InChI is InChI=1S/C23H30N2O3/c26-23(27)8-7-21-17-24(10-9-22(21)25-11-13-28-14-12-25)16-18-5-6-19-3-1-2-4-20(19)15-18/h1-6,15,21-22H,7-14,16-17H2,(H,26,27)/t21-,22+/m1/s1. The molecule has 2 aromatic carbocycles. The lowest BCUT2D eigenvalue weighted by atomic mass is 9.86. The molecule has 0 amide bonds. The predicted octanol–water partition coefficient (Wildman–Crippen LogP) is 3.23. The monoisotopic (exact) mass is 382 g/mol. The SMILES string of the molecule is O=C(O)CC[C@@H]1CN(Cc2ccc3ccccc3c2)CC[C@@H]1N1CCOCC1. The van der Waals surface area contributed by atoms with Crippen LogP contribution in [-0.2, 0) is 16.1 Å². The maximum absolute atomic E-state index is 11.2. The highest BCUT2D eigenvalue weighted by atomic mass is 16.5. The molecule has 0 bridgehead atoms. The maximum Gasteiger partial charge on any atom is 0.303 e. The molecule has 28 heavy (non-hydrogen) atoms. The van der Waals surface area contributed by atoms with Gasteiger partial charge in [-0.1, -0.05) is 36.4 Å². The van der Waals surface area contributed by atoms with Gasteiger partial charge in [0.05, 0.1) is 13.2 Å². The molecule has 0 unspecified atom stereocenters. The Labute approximate surface area is 166 Å². The molecular weight excluding hydrogens is 352 g/mol. The normalized spacial score (nSPS) is 24.4. The van der Waals surface area contributed by atoms with Gasteiger partial charge in [-0.25, -0.2) is 0 Å². The van der Waals surface area contributed by atoms with Crippen LogP contribution in [0.3, 0.4) is 0 Å². The van der Waals surface area contributed by atoms with Gasteiger partial charge in [0.15, 0.2) is 0 Å². The first kappa shape index (κ1) is 19.4.